The van der Waals surface area contributed by atoms with E-state index in [2.05, 4.69) is 4.98 Å². The second-order valence-corrected chi connectivity index (χ2v) is 4.40. The molecule has 1 heterocycles. The molecule has 0 radical (unpaired) electrons. The molecule has 1 aromatic carbocycles. The monoisotopic (exact) mass is 246 g/mol. The minimum absolute atomic E-state index is 0.00222. The standard InChI is InChI=1S/C13H14N2OS/c1-2-15(8-11-6-4-3-5-7-11)13(16)12-9-17-10-14-12/h3-7,9-10H,2,8H2,1H3. The highest BCUT2D eigenvalue weighted by Crippen LogP contribution is 2.10. The summed E-state index contributed by atoms with van der Waals surface area (Å²) in [6.07, 6.45) is 0. The first-order valence-corrected chi connectivity index (χ1v) is 6.47. The lowest BCUT2D eigenvalue weighted by atomic mass is 10.2. The minimum Gasteiger partial charge on any atom is -0.333 e. The third-order valence-corrected chi connectivity index (χ3v) is 3.12. The van der Waals surface area contributed by atoms with Crippen molar-refractivity contribution in [2.75, 3.05) is 6.54 Å². The number of hydrogen-bond acceptors (Lipinski definition) is 3. The van der Waals surface area contributed by atoms with Crippen LogP contribution in [0.4, 0.5) is 0 Å². The molecule has 2 aromatic rings. The lowest BCUT2D eigenvalue weighted by Crippen LogP contribution is -2.30. The predicted molar refractivity (Wildman–Crippen MR) is 69.0 cm³/mol. The summed E-state index contributed by atoms with van der Waals surface area (Å²) in [6.45, 7) is 3.30. The third-order valence-electron chi connectivity index (χ3n) is 2.54. The molecular formula is C13H14N2OS. The second kappa shape index (κ2) is 5.59. The molecule has 0 spiro atoms. The normalized spacial score (nSPS) is 10.2. The Labute approximate surface area is 105 Å². The Balaban J connectivity index is 2.10. The Kier molecular flexibility index (Phi) is 3.88. The number of hydrogen-bond donors (Lipinski definition) is 0. The summed E-state index contributed by atoms with van der Waals surface area (Å²) in [5, 5.41) is 1.79. The van der Waals surface area contributed by atoms with Crippen LogP contribution in [-0.2, 0) is 6.54 Å². The van der Waals surface area contributed by atoms with Crippen molar-refractivity contribution < 1.29 is 4.79 Å². The molecule has 0 aliphatic rings. The quantitative estimate of drug-likeness (QED) is 0.831. The van der Waals surface area contributed by atoms with Crippen molar-refractivity contribution in [2.24, 2.45) is 0 Å². The molecule has 0 bridgehead atoms. The molecule has 0 saturated carbocycles. The molecular weight excluding hydrogens is 232 g/mol. The van der Waals surface area contributed by atoms with Crippen molar-refractivity contribution >= 4 is 17.2 Å². The van der Waals surface area contributed by atoms with Gasteiger partial charge in [0.15, 0.2) is 0 Å². The van der Waals surface area contributed by atoms with Gasteiger partial charge in [-0.25, -0.2) is 4.98 Å². The number of aromatic nitrogens is 1. The molecule has 0 fully saturated rings. The highest BCUT2D eigenvalue weighted by molar-refractivity contribution is 7.07. The second-order valence-electron chi connectivity index (χ2n) is 3.68. The number of thiazole rings is 1. The molecule has 0 N–H and O–H groups in total. The van der Waals surface area contributed by atoms with Crippen molar-refractivity contribution in [3.8, 4) is 0 Å². The molecule has 0 unspecified atom stereocenters. The summed E-state index contributed by atoms with van der Waals surface area (Å²) >= 11 is 1.44. The molecule has 0 aliphatic carbocycles. The van der Waals surface area contributed by atoms with Gasteiger partial charge in [0.1, 0.15) is 5.69 Å². The molecule has 2 rings (SSSR count). The van der Waals surface area contributed by atoms with Crippen molar-refractivity contribution in [1.29, 1.82) is 0 Å². The molecule has 4 heteroatoms. The van der Waals surface area contributed by atoms with Crippen LogP contribution in [0.3, 0.4) is 0 Å². The van der Waals surface area contributed by atoms with Crippen molar-refractivity contribution in [2.45, 2.75) is 13.5 Å². The largest absolute Gasteiger partial charge is 0.333 e. The van der Waals surface area contributed by atoms with Gasteiger partial charge in [-0.05, 0) is 12.5 Å². The van der Waals surface area contributed by atoms with Gasteiger partial charge in [0.25, 0.3) is 5.91 Å². The number of carbonyl (C=O) groups is 1. The Morgan fingerprint density at radius 2 is 2.12 bits per heavy atom. The topological polar surface area (TPSA) is 33.2 Å². The summed E-state index contributed by atoms with van der Waals surface area (Å²) in [5.41, 5.74) is 3.36. The molecule has 0 atom stereocenters. The highest BCUT2D eigenvalue weighted by atomic mass is 32.1. The number of nitrogens with zero attached hydrogens (tertiary/aromatic N) is 2. The smallest absolute Gasteiger partial charge is 0.273 e. The van der Waals surface area contributed by atoms with Crippen molar-refractivity contribution in [3.63, 3.8) is 0 Å². The van der Waals surface area contributed by atoms with Gasteiger partial charge in [0, 0.05) is 18.5 Å². The molecule has 17 heavy (non-hydrogen) atoms. The maximum absolute atomic E-state index is 12.1. The highest BCUT2D eigenvalue weighted by Gasteiger charge is 2.15. The van der Waals surface area contributed by atoms with E-state index in [4.69, 9.17) is 0 Å². The van der Waals surface area contributed by atoms with E-state index in [-0.39, 0.29) is 5.91 Å². The van der Waals surface area contributed by atoms with Gasteiger partial charge in [-0.15, -0.1) is 11.3 Å². The van der Waals surface area contributed by atoms with E-state index in [1.54, 1.807) is 15.8 Å². The van der Waals surface area contributed by atoms with Crippen LogP contribution in [-0.4, -0.2) is 22.3 Å². The Morgan fingerprint density at radius 3 is 2.71 bits per heavy atom. The maximum Gasteiger partial charge on any atom is 0.273 e. The zero-order valence-corrected chi connectivity index (χ0v) is 10.5. The van der Waals surface area contributed by atoms with Crippen LogP contribution in [0.15, 0.2) is 41.2 Å². The van der Waals surface area contributed by atoms with Crippen LogP contribution in [0.25, 0.3) is 0 Å². The Bertz CT molecular complexity index is 467. The van der Waals surface area contributed by atoms with E-state index in [1.165, 1.54) is 11.3 Å². The van der Waals surface area contributed by atoms with E-state index in [9.17, 15) is 4.79 Å². The summed E-state index contributed by atoms with van der Waals surface area (Å²) < 4.78 is 0. The van der Waals surface area contributed by atoms with Crippen LogP contribution in [0, 0.1) is 0 Å². The van der Waals surface area contributed by atoms with E-state index in [0.29, 0.717) is 18.8 Å². The van der Waals surface area contributed by atoms with Gasteiger partial charge in [-0.3, -0.25) is 4.79 Å². The SMILES string of the molecule is CCN(Cc1ccccc1)C(=O)c1cscn1. The summed E-state index contributed by atoms with van der Waals surface area (Å²) in [6, 6.07) is 9.99. The van der Waals surface area contributed by atoms with Gasteiger partial charge < -0.3 is 4.90 Å². The van der Waals surface area contributed by atoms with E-state index < -0.39 is 0 Å². The van der Waals surface area contributed by atoms with E-state index in [0.717, 1.165) is 5.56 Å². The number of amides is 1. The third kappa shape index (κ3) is 2.91. The lowest BCUT2D eigenvalue weighted by molar-refractivity contribution is 0.0747. The van der Waals surface area contributed by atoms with Gasteiger partial charge >= 0.3 is 0 Å². The van der Waals surface area contributed by atoms with Crippen LogP contribution in [0.1, 0.15) is 23.0 Å². The first kappa shape index (κ1) is 11.8. The Hall–Kier alpha value is -1.68. The van der Waals surface area contributed by atoms with Crippen LogP contribution >= 0.6 is 11.3 Å². The minimum atomic E-state index is -0.00222. The van der Waals surface area contributed by atoms with Gasteiger partial charge in [0.2, 0.25) is 0 Å². The molecule has 3 nitrogen and oxygen atoms in total. The number of carbonyl (C=O) groups excluding carboxylic acids is 1. The molecule has 88 valence electrons. The van der Waals surface area contributed by atoms with Crippen LogP contribution in [0.2, 0.25) is 0 Å². The fourth-order valence-electron chi connectivity index (χ4n) is 1.61. The van der Waals surface area contributed by atoms with Gasteiger partial charge in [-0.1, -0.05) is 30.3 Å². The molecule has 0 aliphatic heterocycles. The predicted octanol–water partition coefficient (Wildman–Crippen LogP) is 2.81. The summed E-state index contributed by atoms with van der Waals surface area (Å²) in [5.74, 6) is -0.00222. The first-order valence-electron chi connectivity index (χ1n) is 5.52. The average Bonchev–Trinajstić information content (AvgIpc) is 2.90. The zero-order valence-electron chi connectivity index (χ0n) is 9.67. The van der Waals surface area contributed by atoms with Crippen LogP contribution < -0.4 is 0 Å². The average molecular weight is 246 g/mol. The van der Waals surface area contributed by atoms with Gasteiger partial charge in [-0.2, -0.15) is 0 Å². The van der Waals surface area contributed by atoms with Crippen LogP contribution in [0.5, 0.6) is 0 Å². The van der Waals surface area contributed by atoms with E-state index >= 15 is 0 Å². The molecule has 1 amide bonds. The summed E-state index contributed by atoms with van der Waals surface area (Å²) in [7, 11) is 0. The van der Waals surface area contributed by atoms with Crippen molar-refractivity contribution in [3.05, 3.63) is 52.5 Å². The Morgan fingerprint density at radius 1 is 1.35 bits per heavy atom. The summed E-state index contributed by atoms with van der Waals surface area (Å²) in [4.78, 5) is 18.0. The zero-order chi connectivity index (χ0) is 12.1. The lowest BCUT2D eigenvalue weighted by Gasteiger charge is -2.19. The fraction of sp³-hybridized carbons (Fsp3) is 0.231. The van der Waals surface area contributed by atoms with Gasteiger partial charge in [0.05, 0.1) is 5.51 Å². The fourth-order valence-corrected chi connectivity index (χ4v) is 2.14. The van der Waals surface area contributed by atoms with Crippen molar-refractivity contribution in [1.82, 2.24) is 9.88 Å². The number of rotatable bonds is 4. The maximum atomic E-state index is 12.1. The molecule has 0 saturated heterocycles. The number of benzene rings is 1. The first-order chi connectivity index (χ1) is 8.31. The van der Waals surface area contributed by atoms with E-state index in [1.807, 2.05) is 37.3 Å². The molecule has 1 aromatic heterocycles.